The topological polar surface area (TPSA) is 53.3 Å². The Kier molecular flexibility index (Phi) is 9.55. The number of hydrogen-bond acceptors (Lipinski definition) is 4. The first-order chi connectivity index (χ1) is 23.9. The third kappa shape index (κ3) is 6.63. The molecule has 14 heteroatoms. The number of nitriles is 1. The van der Waals surface area contributed by atoms with Gasteiger partial charge in [-0.15, -0.1) is 11.8 Å². The summed E-state index contributed by atoms with van der Waals surface area (Å²) in [5.74, 6) is -3.51. The van der Waals surface area contributed by atoms with Gasteiger partial charge < -0.3 is 9.64 Å². The van der Waals surface area contributed by atoms with Crippen molar-refractivity contribution in [1.82, 2.24) is 4.90 Å². The van der Waals surface area contributed by atoms with Gasteiger partial charge in [0.2, 0.25) is 5.91 Å². The van der Waals surface area contributed by atoms with E-state index >= 15 is 0 Å². The van der Waals surface area contributed by atoms with E-state index in [1.165, 1.54) is 36.0 Å². The van der Waals surface area contributed by atoms with E-state index in [9.17, 15) is 44.3 Å². The lowest BCUT2D eigenvalue weighted by Gasteiger charge is -2.57. The number of halogens is 9. The van der Waals surface area contributed by atoms with Crippen LogP contribution in [0.5, 0.6) is 0 Å². The Labute approximate surface area is 292 Å². The largest absolute Gasteiger partial charge is 0.430 e. The summed E-state index contributed by atoms with van der Waals surface area (Å²) in [5.41, 5.74) is -6.56. The van der Waals surface area contributed by atoms with Crippen LogP contribution in [0.1, 0.15) is 48.8 Å². The van der Waals surface area contributed by atoms with Crippen LogP contribution in [-0.4, -0.2) is 36.2 Å². The fraction of sp³-hybridized carbons (Fsp3) is 0.405. The average molecular weight is 739 g/mol. The van der Waals surface area contributed by atoms with Gasteiger partial charge in [0.1, 0.15) is 17.5 Å². The van der Waals surface area contributed by atoms with Crippen molar-refractivity contribution >= 4 is 17.7 Å². The van der Waals surface area contributed by atoms with E-state index < -0.39 is 57.9 Å². The standard InChI is InChI=1S/C37H31F9N2O2S/c1-22(19-47)23-15-33(16-23)17-24(18-33)32(49)48-14-13-34(21-48,51-28-11-9-27(38)10-12-28)25-5-7-26(8-6-25)35(36(41,42)43,37(44,45)46)50-20-29-30(39)3-2-4-31(29)40/h2-12,23-24H,1,13-18,20-21H2/t23?,24?,33?,34-/m0/s1. The number of amides is 1. The summed E-state index contributed by atoms with van der Waals surface area (Å²) in [4.78, 5) is 15.9. The quantitative estimate of drug-likeness (QED) is 0.162. The van der Waals surface area contributed by atoms with Gasteiger partial charge in [0.05, 0.1) is 17.4 Å². The molecule has 1 atom stereocenters. The van der Waals surface area contributed by atoms with Crippen LogP contribution in [0, 0.1) is 46.0 Å². The molecule has 4 nitrogen and oxygen atoms in total. The molecule has 3 aliphatic rings. The second-order valence-electron chi connectivity index (χ2n) is 13.7. The number of allylic oxidation sites excluding steroid dienone is 1. The number of alkyl halides is 6. The monoisotopic (exact) mass is 738 g/mol. The Morgan fingerprint density at radius 3 is 2.00 bits per heavy atom. The van der Waals surface area contributed by atoms with E-state index in [0.717, 1.165) is 31.0 Å². The highest BCUT2D eigenvalue weighted by Crippen LogP contribution is 2.63. The van der Waals surface area contributed by atoms with Gasteiger partial charge in [0.25, 0.3) is 5.60 Å². The Morgan fingerprint density at radius 1 is 0.882 bits per heavy atom. The van der Waals surface area contributed by atoms with Crippen molar-refractivity contribution in [2.75, 3.05) is 13.1 Å². The lowest BCUT2D eigenvalue weighted by Crippen LogP contribution is -2.56. The summed E-state index contributed by atoms with van der Waals surface area (Å²) in [7, 11) is 0. The number of nitrogens with zero attached hydrogens (tertiary/aromatic N) is 2. The molecular formula is C37H31F9N2O2S. The zero-order chi connectivity index (χ0) is 37.0. The minimum atomic E-state index is -6.10. The highest BCUT2D eigenvalue weighted by atomic mass is 32.2. The highest BCUT2D eigenvalue weighted by Gasteiger charge is 2.73. The first-order valence-electron chi connectivity index (χ1n) is 16.1. The van der Waals surface area contributed by atoms with Crippen molar-refractivity contribution < 1.29 is 49.0 Å². The molecule has 2 saturated carbocycles. The summed E-state index contributed by atoms with van der Waals surface area (Å²) in [6.45, 7) is 2.46. The van der Waals surface area contributed by atoms with E-state index in [1.54, 1.807) is 4.90 Å². The molecule has 0 aromatic heterocycles. The van der Waals surface area contributed by atoms with E-state index in [0.29, 0.717) is 53.1 Å². The first-order valence-corrected chi connectivity index (χ1v) is 16.9. The smallest absolute Gasteiger partial charge is 0.349 e. The molecule has 0 N–H and O–H groups in total. The van der Waals surface area contributed by atoms with Crippen molar-refractivity contribution in [3.05, 3.63) is 113 Å². The van der Waals surface area contributed by atoms with E-state index in [2.05, 4.69) is 17.4 Å². The van der Waals surface area contributed by atoms with Crippen molar-refractivity contribution in [3.63, 3.8) is 0 Å². The minimum Gasteiger partial charge on any atom is -0.349 e. The van der Waals surface area contributed by atoms with Crippen LogP contribution in [0.2, 0.25) is 0 Å². The van der Waals surface area contributed by atoms with Crippen LogP contribution >= 0.6 is 11.8 Å². The molecule has 1 saturated heterocycles. The molecule has 1 aliphatic heterocycles. The molecule has 1 amide bonds. The van der Waals surface area contributed by atoms with E-state index in [-0.39, 0.29) is 42.7 Å². The van der Waals surface area contributed by atoms with Crippen molar-refractivity contribution in [3.8, 4) is 6.07 Å². The Balaban J connectivity index is 1.29. The molecule has 270 valence electrons. The summed E-state index contributed by atoms with van der Waals surface area (Å²) in [6, 6.07) is 13.3. The summed E-state index contributed by atoms with van der Waals surface area (Å²) >= 11 is 1.22. The zero-order valence-corrected chi connectivity index (χ0v) is 27.7. The van der Waals surface area contributed by atoms with Crippen molar-refractivity contribution in [1.29, 1.82) is 5.26 Å². The number of ether oxygens (including phenoxy) is 1. The molecular weight excluding hydrogens is 707 g/mol. The fourth-order valence-electron chi connectivity index (χ4n) is 7.75. The molecule has 0 unspecified atom stereocenters. The van der Waals surface area contributed by atoms with Crippen LogP contribution in [0.4, 0.5) is 39.5 Å². The minimum absolute atomic E-state index is 0.0100. The van der Waals surface area contributed by atoms with Gasteiger partial charge in [-0.25, -0.2) is 13.2 Å². The van der Waals surface area contributed by atoms with Gasteiger partial charge in [0.15, 0.2) is 0 Å². The number of benzene rings is 3. The number of rotatable bonds is 9. The van der Waals surface area contributed by atoms with Crippen LogP contribution < -0.4 is 0 Å². The van der Waals surface area contributed by atoms with Gasteiger partial charge >= 0.3 is 12.4 Å². The maximum Gasteiger partial charge on any atom is 0.430 e. The average Bonchev–Trinajstić information content (AvgIpc) is 3.46. The molecule has 2 aliphatic carbocycles. The number of likely N-dealkylation sites (tertiary alicyclic amines) is 1. The number of hydrogen-bond donors (Lipinski definition) is 0. The molecule has 6 rings (SSSR count). The molecule has 1 heterocycles. The van der Waals surface area contributed by atoms with Crippen LogP contribution in [0.15, 0.2) is 83.8 Å². The van der Waals surface area contributed by atoms with Crippen molar-refractivity contribution in [2.24, 2.45) is 17.3 Å². The molecule has 1 spiro atoms. The number of thioether (sulfide) groups is 1. The van der Waals surface area contributed by atoms with E-state index in [4.69, 9.17) is 5.26 Å². The first kappa shape index (κ1) is 36.8. The number of carbonyl (C=O) groups is 1. The number of carbonyl (C=O) groups excluding carboxylic acids is 1. The van der Waals surface area contributed by atoms with Crippen LogP contribution in [0.25, 0.3) is 0 Å². The maximum atomic E-state index is 14.5. The SMILES string of the molecule is C=C(C#N)C1CC2(C1)CC(C(=O)N1CC[C@@](Sc3ccc(F)cc3)(c3ccc(C(OCc4c(F)cccc4F)(C(F)(F)F)C(F)(F)F)cc3)C1)C2. The summed E-state index contributed by atoms with van der Waals surface area (Å²) in [6.07, 6.45) is -9.04. The van der Waals surface area contributed by atoms with Gasteiger partial charge in [-0.1, -0.05) is 36.9 Å². The van der Waals surface area contributed by atoms with Crippen molar-refractivity contribution in [2.45, 2.75) is 66.3 Å². The fourth-order valence-corrected chi connectivity index (χ4v) is 9.14. The normalized spacial score (nSPS) is 24.9. The predicted octanol–water partition coefficient (Wildman–Crippen LogP) is 9.75. The van der Waals surface area contributed by atoms with Crippen LogP contribution in [-0.2, 0) is 26.5 Å². The van der Waals surface area contributed by atoms with Gasteiger partial charge in [-0.05, 0) is 85.4 Å². The Morgan fingerprint density at radius 2 is 1.45 bits per heavy atom. The lowest BCUT2D eigenvalue weighted by atomic mass is 9.47. The third-order valence-electron chi connectivity index (χ3n) is 10.5. The predicted molar refractivity (Wildman–Crippen MR) is 169 cm³/mol. The van der Waals surface area contributed by atoms with Crippen LogP contribution in [0.3, 0.4) is 0 Å². The second-order valence-corrected chi connectivity index (χ2v) is 15.1. The van der Waals surface area contributed by atoms with Gasteiger partial charge in [0, 0.05) is 40.6 Å². The molecule has 0 bridgehead atoms. The molecule has 3 aromatic rings. The van der Waals surface area contributed by atoms with Gasteiger partial charge in [-0.3, -0.25) is 4.79 Å². The Bertz CT molecular complexity index is 1810. The maximum absolute atomic E-state index is 14.5. The van der Waals surface area contributed by atoms with Gasteiger partial charge in [-0.2, -0.15) is 31.6 Å². The summed E-state index contributed by atoms with van der Waals surface area (Å²) < 4.78 is 133. The molecule has 51 heavy (non-hydrogen) atoms. The second kappa shape index (κ2) is 13.2. The summed E-state index contributed by atoms with van der Waals surface area (Å²) in [5, 5.41) is 9.13. The third-order valence-corrected chi connectivity index (χ3v) is 12.0. The molecule has 0 radical (unpaired) electrons. The zero-order valence-electron chi connectivity index (χ0n) is 26.9. The van der Waals surface area contributed by atoms with E-state index in [1.807, 2.05) is 0 Å². The molecule has 3 fully saturated rings. The lowest BCUT2D eigenvalue weighted by molar-refractivity contribution is -0.392. The highest BCUT2D eigenvalue weighted by molar-refractivity contribution is 8.00. The molecule has 3 aromatic carbocycles. The Hall–Kier alpha value is -3.96.